The monoisotopic (exact) mass is 1330 g/mol. The van der Waals surface area contributed by atoms with Crippen molar-refractivity contribution in [3.05, 3.63) is 371 Å². The predicted octanol–water partition coefficient (Wildman–Crippen LogP) is 28.1. The minimum absolute atomic E-state index is 0. The fraction of sp³-hybridized carbons (Fsp3) is 0.143. The van der Waals surface area contributed by atoms with Gasteiger partial charge in [0.15, 0.2) is 0 Å². The molecular weight excluding hydrogens is 1240 g/mol. The molecule has 7 nitrogen and oxygen atoms in total. The zero-order valence-corrected chi connectivity index (χ0v) is 57.1. The van der Waals surface area contributed by atoms with Gasteiger partial charge in [-0.15, -0.1) is 0 Å². The van der Waals surface area contributed by atoms with E-state index >= 15 is 0 Å². The molecule has 0 aliphatic carbocycles. The van der Waals surface area contributed by atoms with E-state index in [1.165, 1.54) is 65.4 Å². The van der Waals surface area contributed by atoms with Crippen molar-refractivity contribution in [3.8, 4) is 80.5 Å². The van der Waals surface area contributed by atoms with Crippen LogP contribution in [-0.4, -0.2) is 0 Å². The van der Waals surface area contributed by atoms with E-state index in [9.17, 15) is 0 Å². The highest BCUT2D eigenvalue weighted by Gasteiger charge is 2.06. The summed E-state index contributed by atoms with van der Waals surface area (Å²) in [5.74, 6) is 11.0. The van der Waals surface area contributed by atoms with E-state index in [4.69, 9.17) is 33.2 Å². The highest BCUT2D eigenvalue weighted by atomic mass is 32.2. The lowest BCUT2D eigenvalue weighted by molar-refractivity contribution is 0.460. The molecule has 0 radical (unpaired) electrons. The molecule has 99 heavy (non-hydrogen) atoms. The normalized spacial score (nSPS) is 9.92. The van der Waals surface area contributed by atoms with Crippen LogP contribution in [0, 0.1) is 69.2 Å². The molecule has 8 heteroatoms. The minimum Gasteiger partial charge on any atom is -0.457 e. The smallest absolute Gasteiger partial charge is 0.131 e. The molecule has 13 rings (SSSR count). The number of hydrogen-bond donors (Lipinski definition) is 0. The van der Waals surface area contributed by atoms with Crippen molar-refractivity contribution in [2.24, 2.45) is 0 Å². The second-order valence-corrected chi connectivity index (χ2v) is 24.5. The Bertz CT molecular complexity index is 4120. The Morgan fingerprint density at radius 3 is 0.475 bits per heavy atom. The molecular formula is C91H94O7S. The number of aryl methyl sites for hydroxylation is 10. The molecule has 0 aliphatic rings. The third-order valence-corrected chi connectivity index (χ3v) is 15.5. The molecule has 13 aromatic carbocycles. The van der Waals surface area contributed by atoms with Crippen LogP contribution in [0.2, 0.25) is 0 Å². The number of benzene rings is 13. The molecule has 506 valence electrons. The maximum atomic E-state index is 5.91. The molecule has 0 saturated carbocycles. The topological polar surface area (TPSA) is 64.6 Å². The standard InChI is InChI=1S/C26H22O3.2C20H18O2.C14H14S.C8H10.3CH4/c1-19-3-7-21(8-4-19)27-23-11-15-25(16-12-23)29-26-17-13-24(14-18-26)28-22-9-5-20(2)6-10-22;1-15-3-7-17(8-4-15)21-19-11-13-20(14-12-19)22-18-9-5-16(2)6-10-18;1-15-6-10-17(11-7-15)21-19-4-3-5-20(14-19)22-18-12-8-16(2)9-13-18;1-11-3-7-13(8-4-11)15-14-9-5-12(2)6-10-14;1-7-4-3-5-8(2)6-7;;;/h3-18H,1-2H3;2*3-14H,1-2H3;3-10H,1-2H3;3-6H,1-2H3;3*1H4. The molecule has 13 aromatic rings. The summed E-state index contributed by atoms with van der Waals surface area (Å²) in [5, 5.41) is 0. The summed E-state index contributed by atoms with van der Waals surface area (Å²) in [5.41, 5.74) is 12.6. The molecule has 0 N–H and O–H groups in total. The molecule has 0 amide bonds. The van der Waals surface area contributed by atoms with E-state index in [2.05, 4.69) is 142 Å². The molecule has 0 aliphatic heterocycles. The quantitative estimate of drug-likeness (QED) is 0.0948. The van der Waals surface area contributed by atoms with E-state index in [0.29, 0.717) is 0 Å². The Morgan fingerprint density at radius 1 is 0.152 bits per heavy atom. The number of ether oxygens (including phenoxy) is 7. The van der Waals surface area contributed by atoms with Gasteiger partial charge in [0.1, 0.15) is 80.5 Å². The first-order valence-electron chi connectivity index (χ1n) is 31.9. The third-order valence-electron chi connectivity index (χ3n) is 14.5. The summed E-state index contributed by atoms with van der Waals surface area (Å²) >= 11 is 1.80. The van der Waals surface area contributed by atoms with Gasteiger partial charge >= 0.3 is 0 Å². The second-order valence-electron chi connectivity index (χ2n) is 23.4. The van der Waals surface area contributed by atoms with Crippen molar-refractivity contribution in [1.29, 1.82) is 0 Å². The summed E-state index contributed by atoms with van der Waals surface area (Å²) < 4.78 is 40.9. The van der Waals surface area contributed by atoms with Crippen molar-refractivity contribution < 1.29 is 33.2 Å². The molecule has 0 heterocycles. The van der Waals surface area contributed by atoms with Gasteiger partial charge in [-0.25, -0.2) is 0 Å². The number of hydrogen-bond acceptors (Lipinski definition) is 8. The SMILES string of the molecule is C.C.C.Cc1ccc(Oc2ccc(Oc3ccc(C)cc3)cc2)cc1.Cc1ccc(Oc2ccc(Oc3ccc(Oc4ccc(C)cc4)cc3)cc2)cc1.Cc1ccc(Oc2cccc(Oc3ccc(C)cc3)c2)cc1.Cc1ccc(Sc2ccc(C)cc2)cc1.Cc1cccc(C)c1. The zero-order valence-electron chi connectivity index (χ0n) is 56.3. The summed E-state index contributed by atoms with van der Waals surface area (Å²) in [6, 6.07) is 104. The van der Waals surface area contributed by atoms with Crippen LogP contribution in [0.4, 0.5) is 0 Å². The van der Waals surface area contributed by atoms with Crippen molar-refractivity contribution >= 4 is 11.8 Å². The van der Waals surface area contributed by atoms with Crippen molar-refractivity contribution in [1.82, 2.24) is 0 Å². The van der Waals surface area contributed by atoms with Crippen LogP contribution in [-0.2, 0) is 0 Å². The van der Waals surface area contributed by atoms with Gasteiger partial charge in [-0.2, -0.15) is 0 Å². The average molecular weight is 1330 g/mol. The molecule has 0 bridgehead atoms. The molecule has 0 spiro atoms. The maximum absolute atomic E-state index is 5.91. The molecule has 0 aromatic heterocycles. The first kappa shape index (κ1) is 76.8. The van der Waals surface area contributed by atoms with Crippen LogP contribution in [0.15, 0.2) is 325 Å². The Labute approximate surface area is 594 Å². The molecule has 0 fully saturated rings. The van der Waals surface area contributed by atoms with Crippen LogP contribution < -0.4 is 33.2 Å². The summed E-state index contributed by atoms with van der Waals surface area (Å²) in [4.78, 5) is 2.59. The Hall–Kier alpha value is -11.2. The maximum Gasteiger partial charge on any atom is 0.131 e. The second kappa shape index (κ2) is 39.8. The van der Waals surface area contributed by atoms with E-state index in [1.807, 2.05) is 243 Å². The van der Waals surface area contributed by atoms with Gasteiger partial charge in [-0.05, 0) is 251 Å². The van der Waals surface area contributed by atoms with Crippen molar-refractivity contribution in [2.45, 2.75) is 101 Å². The lowest BCUT2D eigenvalue weighted by atomic mass is 10.2. The Balaban J connectivity index is 0.000000202. The van der Waals surface area contributed by atoms with E-state index < -0.39 is 0 Å². The largest absolute Gasteiger partial charge is 0.457 e. The molecule has 0 atom stereocenters. The number of rotatable bonds is 16. The van der Waals surface area contributed by atoms with Gasteiger partial charge < -0.3 is 33.2 Å². The Kier molecular flexibility index (Phi) is 30.8. The van der Waals surface area contributed by atoms with Gasteiger partial charge in [0.05, 0.1) is 0 Å². The zero-order chi connectivity index (χ0) is 67.4. The van der Waals surface area contributed by atoms with Gasteiger partial charge in [-0.3, -0.25) is 0 Å². The lowest BCUT2D eigenvalue weighted by Gasteiger charge is -2.10. The highest BCUT2D eigenvalue weighted by molar-refractivity contribution is 7.99. The van der Waals surface area contributed by atoms with Crippen LogP contribution in [0.1, 0.15) is 77.9 Å². The molecule has 0 unspecified atom stereocenters. The summed E-state index contributed by atoms with van der Waals surface area (Å²) in [6.07, 6.45) is 0. The average Bonchev–Trinajstić information content (AvgIpc) is 0.905. The fourth-order valence-corrected chi connectivity index (χ4v) is 9.89. The first-order chi connectivity index (χ1) is 46.5. The van der Waals surface area contributed by atoms with Crippen LogP contribution in [0.5, 0.6) is 80.5 Å². The fourth-order valence-electron chi connectivity index (χ4n) is 9.07. The lowest BCUT2D eigenvalue weighted by Crippen LogP contribution is -1.87. The van der Waals surface area contributed by atoms with Gasteiger partial charge in [-0.1, -0.05) is 217 Å². The predicted molar refractivity (Wildman–Crippen MR) is 416 cm³/mol. The van der Waals surface area contributed by atoms with Crippen LogP contribution in [0.25, 0.3) is 0 Å². The summed E-state index contributed by atoms with van der Waals surface area (Å²) in [6.45, 7) is 20.8. The van der Waals surface area contributed by atoms with Crippen LogP contribution >= 0.6 is 11.8 Å². The third kappa shape index (κ3) is 27.5. The highest BCUT2D eigenvalue weighted by Crippen LogP contribution is 2.33. The van der Waals surface area contributed by atoms with E-state index in [1.54, 1.807) is 11.8 Å². The van der Waals surface area contributed by atoms with E-state index in [-0.39, 0.29) is 22.3 Å². The van der Waals surface area contributed by atoms with Crippen LogP contribution in [0.3, 0.4) is 0 Å². The first-order valence-corrected chi connectivity index (χ1v) is 32.8. The van der Waals surface area contributed by atoms with Gasteiger partial charge in [0.2, 0.25) is 0 Å². The van der Waals surface area contributed by atoms with Crippen molar-refractivity contribution in [2.75, 3.05) is 0 Å². The minimum atomic E-state index is 0. The summed E-state index contributed by atoms with van der Waals surface area (Å²) in [7, 11) is 0. The van der Waals surface area contributed by atoms with Crippen molar-refractivity contribution in [3.63, 3.8) is 0 Å². The Morgan fingerprint density at radius 2 is 0.303 bits per heavy atom. The molecule has 0 saturated heterocycles. The van der Waals surface area contributed by atoms with Gasteiger partial charge in [0.25, 0.3) is 0 Å². The van der Waals surface area contributed by atoms with E-state index in [0.717, 1.165) is 80.5 Å². The van der Waals surface area contributed by atoms with Gasteiger partial charge in [0, 0.05) is 15.9 Å².